The van der Waals surface area contributed by atoms with Crippen LogP contribution < -0.4 is 5.32 Å². The minimum Gasteiger partial charge on any atom is -0.316 e. The van der Waals surface area contributed by atoms with Crippen molar-refractivity contribution in [2.24, 2.45) is 11.8 Å². The molecule has 2 heterocycles. The molecule has 2 nitrogen and oxygen atoms in total. The van der Waals surface area contributed by atoms with Gasteiger partial charge in [0.1, 0.15) is 5.82 Å². The second kappa shape index (κ2) is 4.27. The van der Waals surface area contributed by atoms with Crippen LogP contribution >= 0.6 is 0 Å². The highest BCUT2D eigenvalue weighted by atomic mass is 19.1. The van der Waals surface area contributed by atoms with E-state index in [-0.39, 0.29) is 5.82 Å². The molecule has 1 unspecified atom stereocenters. The van der Waals surface area contributed by atoms with Crippen molar-refractivity contribution in [2.75, 3.05) is 13.1 Å². The lowest BCUT2D eigenvalue weighted by Gasteiger charge is -2.14. The fourth-order valence-corrected chi connectivity index (χ4v) is 3.92. The first-order chi connectivity index (χ1) is 9.31. The molecule has 0 spiro atoms. The molecular weight excluding hydrogens is 239 g/mol. The molecule has 0 radical (unpaired) electrons. The third-order valence-electron chi connectivity index (χ3n) is 4.83. The van der Waals surface area contributed by atoms with E-state index in [2.05, 4.69) is 16.4 Å². The molecule has 3 atom stereocenters. The summed E-state index contributed by atoms with van der Waals surface area (Å²) in [6.45, 7) is 2.30. The molecular formula is C16H17FN2. The number of rotatable bonds is 1. The Labute approximate surface area is 112 Å². The fourth-order valence-electron chi connectivity index (χ4n) is 3.92. The Morgan fingerprint density at radius 2 is 1.89 bits per heavy atom. The van der Waals surface area contributed by atoms with Gasteiger partial charge in [0.2, 0.25) is 0 Å². The zero-order chi connectivity index (χ0) is 12.8. The molecule has 1 aliphatic heterocycles. The van der Waals surface area contributed by atoms with Crippen molar-refractivity contribution in [3.8, 4) is 0 Å². The number of benzene rings is 1. The summed E-state index contributed by atoms with van der Waals surface area (Å²) in [5, 5.41) is 4.47. The van der Waals surface area contributed by atoms with Gasteiger partial charge >= 0.3 is 0 Å². The van der Waals surface area contributed by atoms with Crippen molar-refractivity contribution >= 4 is 10.9 Å². The molecule has 2 aliphatic rings. The summed E-state index contributed by atoms with van der Waals surface area (Å²) in [6, 6.07) is 7.00. The van der Waals surface area contributed by atoms with Crippen LogP contribution in [0.15, 0.2) is 30.5 Å². The van der Waals surface area contributed by atoms with E-state index in [9.17, 15) is 4.39 Å². The highest BCUT2D eigenvalue weighted by molar-refractivity contribution is 5.82. The van der Waals surface area contributed by atoms with Crippen LogP contribution in [-0.4, -0.2) is 18.1 Å². The number of nitrogens with one attached hydrogen (secondary N) is 1. The van der Waals surface area contributed by atoms with E-state index in [1.165, 1.54) is 24.5 Å². The molecule has 2 fully saturated rings. The lowest BCUT2D eigenvalue weighted by molar-refractivity contribution is 0.494. The molecule has 19 heavy (non-hydrogen) atoms. The molecule has 2 aromatic rings. The van der Waals surface area contributed by atoms with Crippen LogP contribution in [0.4, 0.5) is 4.39 Å². The van der Waals surface area contributed by atoms with Crippen LogP contribution in [0, 0.1) is 17.7 Å². The van der Waals surface area contributed by atoms with Crippen molar-refractivity contribution in [3.05, 3.63) is 41.8 Å². The van der Waals surface area contributed by atoms with Crippen LogP contribution in [0.2, 0.25) is 0 Å². The summed E-state index contributed by atoms with van der Waals surface area (Å²) in [6.07, 6.45) is 4.32. The SMILES string of the molecule is Fc1ccc2nccc(C3C[C@H]4CNC[C@H]4C3)c2c1. The van der Waals surface area contributed by atoms with Crippen molar-refractivity contribution in [1.82, 2.24) is 10.3 Å². The number of pyridine rings is 1. The summed E-state index contributed by atoms with van der Waals surface area (Å²) in [5.41, 5.74) is 2.20. The van der Waals surface area contributed by atoms with E-state index in [1.54, 1.807) is 12.1 Å². The van der Waals surface area contributed by atoms with Gasteiger partial charge in [-0.2, -0.15) is 0 Å². The number of hydrogen-bond donors (Lipinski definition) is 1. The van der Waals surface area contributed by atoms with E-state index in [0.29, 0.717) is 5.92 Å². The summed E-state index contributed by atoms with van der Waals surface area (Å²) in [5.74, 6) is 2.02. The zero-order valence-electron chi connectivity index (χ0n) is 10.8. The Morgan fingerprint density at radius 1 is 1.11 bits per heavy atom. The van der Waals surface area contributed by atoms with Gasteiger partial charge in [0.25, 0.3) is 0 Å². The normalized spacial score (nSPS) is 29.8. The summed E-state index contributed by atoms with van der Waals surface area (Å²) in [7, 11) is 0. The van der Waals surface area contributed by atoms with Gasteiger partial charge in [-0.15, -0.1) is 0 Å². The Hall–Kier alpha value is -1.48. The Kier molecular flexibility index (Phi) is 2.55. The van der Waals surface area contributed by atoms with Crippen LogP contribution in [-0.2, 0) is 0 Å². The minimum atomic E-state index is -0.165. The van der Waals surface area contributed by atoms with Crippen LogP contribution in [0.5, 0.6) is 0 Å². The number of nitrogens with zero attached hydrogens (tertiary/aromatic N) is 1. The zero-order valence-corrected chi connectivity index (χ0v) is 10.8. The molecule has 0 amide bonds. The highest BCUT2D eigenvalue weighted by Crippen LogP contribution is 2.45. The van der Waals surface area contributed by atoms with E-state index in [1.807, 2.05) is 6.20 Å². The van der Waals surface area contributed by atoms with Gasteiger partial charge in [0.05, 0.1) is 5.52 Å². The van der Waals surface area contributed by atoms with Crippen LogP contribution in [0.3, 0.4) is 0 Å². The summed E-state index contributed by atoms with van der Waals surface area (Å²) < 4.78 is 13.5. The lowest BCUT2D eigenvalue weighted by atomic mass is 9.93. The van der Waals surface area contributed by atoms with E-state index in [0.717, 1.165) is 35.8 Å². The van der Waals surface area contributed by atoms with E-state index < -0.39 is 0 Å². The predicted molar refractivity (Wildman–Crippen MR) is 73.5 cm³/mol. The van der Waals surface area contributed by atoms with Gasteiger partial charge in [0, 0.05) is 11.6 Å². The van der Waals surface area contributed by atoms with Gasteiger partial charge in [0.15, 0.2) is 0 Å². The largest absolute Gasteiger partial charge is 0.316 e. The van der Waals surface area contributed by atoms with Gasteiger partial charge in [-0.1, -0.05) is 0 Å². The molecule has 1 saturated carbocycles. The Morgan fingerprint density at radius 3 is 2.68 bits per heavy atom. The fraction of sp³-hybridized carbons (Fsp3) is 0.438. The monoisotopic (exact) mass is 256 g/mol. The van der Waals surface area contributed by atoms with Crippen LogP contribution in [0.25, 0.3) is 10.9 Å². The van der Waals surface area contributed by atoms with Gasteiger partial charge in [-0.3, -0.25) is 4.98 Å². The molecule has 3 heteroatoms. The lowest BCUT2D eigenvalue weighted by Crippen LogP contribution is -2.11. The van der Waals surface area contributed by atoms with E-state index in [4.69, 9.17) is 0 Å². The number of halogens is 1. The van der Waals surface area contributed by atoms with Crippen molar-refractivity contribution in [2.45, 2.75) is 18.8 Å². The first-order valence-corrected chi connectivity index (χ1v) is 7.06. The van der Waals surface area contributed by atoms with Crippen molar-refractivity contribution in [1.29, 1.82) is 0 Å². The molecule has 1 aromatic carbocycles. The molecule has 1 aromatic heterocycles. The summed E-state index contributed by atoms with van der Waals surface area (Å²) >= 11 is 0. The Bertz CT molecular complexity index is 613. The first kappa shape index (κ1) is 11.4. The average molecular weight is 256 g/mol. The summed E-state index contributed by atoms with van der Waals surface area (Å²) in [4.78, 5) is 4.35. The smallest absolute Gasteiger partial charge is 0.123 e. The maximum absolute atomic E-state index is 13.5. The molecule has 0 bridgehead atoms. The molecule has 1 aliphatic carbocycles. The first-order valence-electron chi connectivity index (χ1n) is 7.06. The van der Waals surface area contributed by atoms with Gasteiger partial charge in [-0.05, 0) is 73.5 Å². The predicted octanol–water partition coefficient (Wildman–Crippen LogP) is 3.09. The standard InChI is InChI=1S/C16H17FN2/c17-13-1-2-16-15(7-13)14(3-4-19-16)10-5-11-8-18-9-12(11)6-10/h1-4,7,10-12,18H,5-6,8-9H2/t10?,11-,12+. The van der Waals surface area contributed by atoms with Crippen LogP contribution in [0.1, 0.15) is 24.3 Å². The molecule has 4 rings (SSSR count). The molecule has 1 N–H and O–H groups in total. The van der Waals surface area contributed by atoms with E-state index >= 15 is 0 Å². The highest BCUT2D eigenvalue weighted by Gasteiger charge is 2.38. The topological polar surface area (TPSA) is 24.9 Å². The van der Waals surface area contributed by atoms with Crippen molar-refractivity contribution in [3.63, 3.8) is 0 Å². The maximum atomic E-state index is 13.5. The number of fused-ring (bicyclic) bond motifs is 2. The van der Waals surface area contributed by atoms with Gasteiger partial charge in [-0.25, -0.2) is 4.39 Å². The second-order valence-electron chi connectivity index (χ2n) is 5.91. The average Bonchev–Trinajstić information content (AvgIpc) is 2.98. The number of hydrogen-bond acceptors (Lipinski definition) is 2. The Balaban J connectivity index is 1.77. The minimum absolute atomic E-state index is 0.165. The maximum Gasteiger partial charge on any atom is 0.123 e. The quantitative estimate of drug-likeness (QED) is 0.848. The third kappa shape index (κ3) is 1.84. The second-order valence-corrected chi connectivity index (χ2v) is 5.91. The third-order valence-corrected chi connectivity index (χ3v) is 4.83. The van der Waals surface area contributed by atoms with Crippen molar-refractivity contribution < 1.29 is 4.39 Å². The molecule has 98 valence electrons. The molecule has 1 saturated heterocycles. The number of aromatic nitrogens is 1. The van der Waals surface area contributed by atoms with Gasteiger partial charge < -0.3 is 5.32 Å².